The number of H-pyrrole nitrogens is 1. The number of benzene rings is 2. The van der Waals surface area contributed by atoms with Crippen LogP contribution in [0, 0.1) is 6.92 Å². The van der Waals surface area contributed by atoms with Crippen molar-refractivity contribution in [1.29, 1.82) is 0 Å². The molecular weight excluding hydrogens is 332 g/mol. The van der Waals surface area contributed by atoms with Crippen LogP contribution in [0.2, 0.25) is 0 Å². The van der Waals surface area contributed by atoms with Gasteiger partial charge in [0, 0.05) is 18.4 Å². The largest absolute Gasteiger partial charge is 0.478 e. The van der Waals surface area contributed by atoms with E-state index in [0.717, 1.165) is 0 Å². The van der Waals surface area contributed by atoms with Gasteiger partial charge in [0.25, 0.3) is 5.56 Å². The summed E-state index contributed by atoms with van der Waals surface area (Å²) in [6.07, 6.45) is 1.22. The van der Waals surface area contributed by atoms with Crippen LogP contribution in [0.4, 0.5) is 0 Å². The maximum atomic E-state index is 12.4. The minimum Gasteiger partial charge on any atom is -0.478 e. The van der Waals surface area contributed by atoms with E-state index in [4.69, 9.17) is 5.11 Å². The van der Waals surface area contributed by atoms with Gasteiger partial charge < -0.3 is 10.1 Å². The van der Waals surface area contributed by atoms with Gasteiger partial charge in [-0.3, -0.25) is 9.59 Å². The van der Waals surface area contributed by atoms with E-state index in [0.29, 0.717) is 40.7 Å². The molecule has 0 amide bonds. The molecule has 0 unspecified atom stereocenters. The summed E-state index contributed by atoms with van der Waals surface area (Å²) in [4.78, 5) is 42.8. The lowest BCUT2D eigenvalue weighted by Crippen LogP contribution is -2.12. The van der Waals surface area contributed by atoms with E-state index < -0.39 is 5.97 Å². The summed E-state index contributed by atoms with van der Waals surface area (Å²) in [5.41, 5.74) is 1.47. The molecule has 132 valence electrons. The fourth-order valence-corrected chi connectivity index (χ4v) is 2.97. The highest BCUT2D eigenvalue weighted by Gasteiger charge is 2.15. The maximum Gasteiger partial charge on any atom is 0.335 e. The quantitative estimate of drug-likeness (QED) is 0.665. The number of para-hydroxylation sites is 1. The van der Waals surface area contributed by atoms with E-state index >= 15 is 0 Å². The average Bonchev–Trinajstić information content (AvgIpc) is 2.61. The Kier molecular flexibility index (Phi) is 4.93. The van der Waals surface area contributed by atoms with Crippen molar-refractivity contribution in [2.24, 2.45) is 0 Å². The number of aromatic amines is 1. The number of aromatic carboxylic acids is 1. The molecule has 0 saturated heterocycles. The molecule has 0 atom stereocenters. The highest BCUT2D eigenvalue weighted by atomic mass is 16.4. The smallest absolute Gasteiger partial charge is 0.335 e. The number of aromatic nitrogens is 2. The topological polar surface area (TPSA) is 100 Å². The van der Waals surface area contributed by atoms with Crippen LogP contribution >= 0.6 is 0 Å². The first kappa shape index (κ1) is 17.5. The minimum absolute atomic E-state index is 0.117. The lowest BCUT2D eigenvalue weighted by molar-refractivity contribution is 0.0696. The van der Waals surface area contributed by atoms with Crippen molar-refractivity contribution in [2.75, 3.05) is 0 Å². The van der Waals surface area contributed by atoms with Crippen LogP contribution in [0.1, 0.15) is 44.9 Å². The molecule has 0 spiro atoms. The van der Waals surface area contributed by atoms with Gasteiger partial charge in [0.05, 0.1) is 16.5 Å². The number of carboxylic acid groups (broad SMARTS) is 1. The summed E-state index contributed by atoms with van der Waals surface area (Å²) in [5.74, 6) is -0.624. The van der Waals surface area contributed by atoms with Crippen molar-refractivity contribution < 1.29 is 14.7 Å². The van der Waals surface area contributed by atoms with E-state index in [1.807, 2.05) is 6.07 Å². The SMILES string of the molecule is Cc1c(C(=O)O)cccc1C(=O)CCCc1nc2ccccc2c(=O)[nH]1. The van der Waals surface area contributed by atoms with Crippen LogP contribution in [0.15, 0.2) is 47.3 Å². The standard InChI is InChI=1S/C20H18N2O4/c1-12-13(7-4-8-14(12)20(25)26)17(23)10-5-11-18-21-16-9-3-2-6-15(16)19(24)22-18/h2-4,6-9H,5,10-11H2,1H3,(H,25,26)(H,21,22,24). The number of ketones is 1. The Hall–Kier alpha value is -3.28. The van der Waals surface area contributed by atoms with Crippen LogP contribution in [-0.4, -0.2) is 26.8 Å². The molecule has 1 aromatic heterocycles. The van der Waals surface area contributed by atoms with E-state index in [-0.39, 0.29) is 23.3 Å². The van der Waals surface area contributed by atoms with Crippen molar-refractivity contribution in [3.05, 3.63) is 75.3 Å². The Morgan fingerprint density at radius 2 is 1.81 bits per heavy atom. The second kappa shape index (κ2) is 7.31. The Balaban J connectivity index is 1.71. The number of nitrogens with zero attached hydrogens (tertiary/aromatic N) is 1. The van der Waals surface area contributed by atoms with Crippen molar-refractivity contribution in [3.8, 4) is 0 Å². The predicted molar refractivity (Wildman–Crippen MR) is 97.8 cm³/mol. The third kappa shape index (κ3) is 3.54. The first-order valence-corrected chi connectivity index (χ1v) is 8.31. The number of hydrogen-bond acceptors (Lipinski definition) is 4. The fourth-order valence-electron chi connectivity index (χ4n) is 2.97. The third-order valence-corrected chi connectivity index (χ3v) is 4.34. The minimum atomic E-state index is -1.05. The molecule has 26 heavy (non-hydrogen) atoms. The zero-order valence-electron chi connectivity index (χ0n) is 14.3. The maximum absolute atomic E-state index is 12.4. The van der Waals surface area contributed by atoms with Crippen LogP contribution in [0.25, 0.3) is 10.9 Å². The second-order valence-electron chi connectivity index (χ2n) is 6.09. The number of aryl methyl sites for hydroxylation is 1. The number of hydrogen-bond donors (Lipinski definition) is 2. The highest BCUT2D eigenvalue weighted by molar-refractivity contribution is 6.01. The Bertz CT molecular complexity index is 1050. The van der Waals surface area contributed by atoms with Gasteiger partial charge in [-0.2, -0.15) is 0 Å². The summed E-state index contributed by atoms with van der Waals surface area (Å²) in [5, 5.41) is 9.69. The number of carboxylic acids is 1. The van der Waals surface area contributed by atoms with Gasteiger partial charge >= 0.3 is 5.97 Å². The van der Waals surface area contributed by atoms with Gasteiger partial charge in [0.2, 0.25) is 0 Å². The van der Waals surface area contributed by atoms with Crippen LogP contribution < -0.4 is 5.56 Å². The number of fused-ring (bicyclic) bond motifs is 1. The van der Waals surface area contributed by atoms with E-state index in [1.54, 1.807) is 37.3 Å². The van der Waals surface area contributed by atoms with Gasteiger partial charge in [-0.05, 0) is 37.1 Å². The lowest BCUT2D eigenvalue weighted by Gasteiger charge is -2.08. The molecule has 6 nitrogen and oxygen atoms in total. The van der Waals surface area contributed by atoms with Gasteiger partial charge in [-0.25, -0.2) is 9.78 Å². The van der Waals surface area contributed by atoms with E-state index in [2.05, 4.69) is 9.97 Å². The lowest BCUT2D eigenvalue weighted by atomic mass is 9.97. The molecule has 3 aromatic rings. The second-order valence-corrected chi connectivity index (χ2v) is 6.09. The molecule has 3 rings (SSSR count). The fraction of sp³-hybridized carbons (Fsp3) is 0.200. The predicted octanol–water partition coefficient (Wildman–Crippen LogP) is 3.14. The third-order valence-electron chi connectivity index (χ3n) is 4.34. The van der Waals surface area contributed by atoms with Crippen molar-refractivity contribution in [3.63, 3.8) is 0 Å². The van der Waals surface area contributed by atoms with Crippen molar-refractivity contribution in [1.82, 2.24) is 9.97 Å². The van der Waals surface area contributed by atoms with Crippen molar-refractivity contribution >= 4 is 22.7 Å². The molecule has 2 N–H and O–H groups in total. The average molecular weight is 350 g/mol. The van der Waals surface area contributed by atoms with Crippen LogP contribution in [0.5, 0.6) is 0 Å². The van der Waals surface area contributed by atoms with E-state index in [9.17, 15) is 14.4 Å². The number of rotatable bonds is 6. The summed E-state index contributed by atoms with van der Waals surface area (Å²) in [6.45, 7) is 1.64. The zero-order valence-corrected chi connectivity index (χ0v) is 14.3. The Morgan fingerprint density at radius 1 is 1.08 bits per heavy atom. The molecule has 6 heteroatoms. The van der Waals surface area contributed by atoms with Crippen LogP contribution in [0.3, 0.4) is 0 Å². The number of Topliss-reactive ketones (excluding diaryl/α,β-unsaturated/α-hetero) is 1. The molecular formula is C20H18N2O4. The Labute approximate surface area is 149 Å². The number of nitrogens with one attached hydrogen (secondary N) is 1. The molecule has 0 aliphatic rings. The molecule has 0 fully saturated rings. The summed E-state index contributed by atoms with van der Waals surface area (Å²) < 4.78 is 0. The molecule has 0 aliphatic carbocycles. The highest BCUT2D eigenvalue weighted by Crippen LogP contribution is 2.17. The first-order valence-electron chi connectivity index (χ1n) is 8.31. The zero-order chi connectivity index (χ0) is 18.7. The normalized spacial score (nSPS) is 10.8. The van der Waals surface area contributed by atoms with E-state index in [1.165, 1.54) is 6.07 Å². The Morgan fingerprint density at radius 3 is 2.58 bits per heavy atom. The molecule has 0 radical (unpaired) electrons. The number of carbonyl (C=O) groups is 2. The summed E-state index contributed by atoms with van der Waals surface area (Å²) in [6, 6.07) is 11.8. The van der Waals surface area contributed by atoms with Crippen molar-refractivity contribution in [2.45, 2.75) is 26.2 Å². The monoisotopic (exact) mass is 350 g/mol. The first-order chi connectivity index (χ1) is 12.5. The summed E-state index contributed by atoms with van der Waals surface area (Å²) >= 11 is 0. The van der Waals surface area contributed by atoms with Crippen LogP contribution in [-0.2, 0) is 6.42 Å². The molecule has 1 heterocycles. The van der Waals surface area contributed by atoms with Gasteiger partial charge in [-0.15, -0.1) is 0 Å². The number of carbonyl (C=O) groups excluding carboxylic acids is 1. The molecule has 0 saturated carbocycles. The van der Waals surface area contributed by atoms with Gasteiger partial charge in [-0.1, -0.05) is 24.3 Å². The molecule has 0 bridgehead atoms. The van der Waals surface area contributed by atoms with Gasteiger partial charge in [0.15, 0.2) is 5.78 Å². The van der Waals surface area contributed by atoms with Gasteiger partial charge in [0.1, 0.15) is 5.82 Å². The summed E-state index contributed by atoms with van der Waals surface area (Å²) in [7, 11) is 0. The molecule has 2 aromatic carbocycles. The molecule has 0 aliphatic heterocycles.